The van der Waals surface area contributed by atoms with Gasteiger partial charge in [-0.15, -0.1) is 0 Å². The van der Waals surface area contributed by atoms with E-state index in [4.69, 9.17) is 0 Å². The van der Waals surface area contributed by atoms with E-state index in [1.165, 1.54) is 11.9 Å². The van der Waals surface area contributed by atoms with Crippen molar-refractivity contribution in [3.8, 4) is 0 Å². The third-order valence-corrected chi connectivity index (χ3v) is 8.93. The molecule has 0 saturated heterocycles. The van der Waals surface area contributed by atoms with Gasteiger partial charge in [0.25, 0.3) is 0 Å². The number of carbonyl (C=O) groups excluding carboxylic acids is 2. The highest BCUT2D eigenvalue weighted by molar-refractivity contribution is 7.89. The minimum absolute atomic E-state index is 0.124. The zero-order valence-electron chi connectivity index (χ0n) is 21.7. The molecule has 7 nitrogen and oxygen atoms in total. The van der Waals surface area contributed by atoms with E-state index in [0.29, 0.717) is 0 Å². The van der Waals surface area contributed by atoms with Gasteiger partial charge in [-0.2, -0.15) is 4.31 Å². The van der Waals surface area contributed by atoms with Crippen LogP contribution in [0.3, 0.4) is 0 Å². The quantitative estimate of drug-likeness (QED) is 0.456. The molecule has 3 aromatic carbocycles. The Hall–Kier alpha value is -3.23. The van der Waals surface area contributed by atoms with Gasteiger partial charge < -0.3 is 10.2 Å². The lowest BCUT2D eigenvalue weighted by molar-refractivity contribution is -0.140. The lowest BCUT2D eigenvalue weighted by Crippen LogP contribution is -2.52. The summed E-state index contributed by atoms with van der Waals surface area (Å²) in [7, 11) is -2.52. The third kappa shape index (κ3) is 6.37. The molecule has 196 valence electrons. The minimum Gasteiger partial charge on any atom is -0.352 e. The highest BCUT2D eigenvalue weighted by Gasteiger charge is 2.31. The molecule has 1 unspecified atom stereocenters. The van der Waals surface area contributed by atoms with Crippen LogP contribution in [0.4, 0.5) is 0 Å². The molecule has 1 aliphatic carbocycles. The Bertz CT molecular complexity index is 1370. The molecule has 1 N–H and O–H groups in total. The van der Waals surface area contributed by atoms with E-state index >= 15 is 0 Å². The van der Waals surface area contributed by atoms with Crippen LogP contribution in [-0.4, -0.2) is 55.1 Å². The first-order valence-electron chi connectivity index (χ1n) is 12.8. The van der Waals surface area contributed by atoms with Crippen molar-refractivity contribution < 1.29 is 18.0 Å². The van der Waals surface area contributed by atoms with Crippen molar-refractivity contribution in [1.29, 1.82) is 0 Å². The smallest absolute Gasteiger partial charge is 0.243 e. The maximum atomic E-state index is 13.5. The number of carbonyl (C=O) groups is 2. The van der Waals surface area contributed by atoms with Crippen LogP contribution >= 0.6 is 0 Å². The van der Waals surface area contributed by atoms with Gasteiger partial charge in [-0.05, 0) is 55.2 Å². The maximum absolute atomic E-state index is 13.5. The van der Waals surface area contributed by atoms with Crippen molar-refractivity contribution >= 4 is 32.6 Å². The molecule has 0 spiro atoms. The summed E-state index contributed by atoms with van der Waals surface area (Å²) in [6.07, 6.45) is 4.06. The van der Waals surface area contributed by atoms with Gasteiger partial charge in [0.1, 0.15) is 6.04 Å². The van der Waals surface area contributed by atoms with Crippen LogP contribution in [0.25, 0.3) is 10.8 Å². The first kappa shape index (κ1) is 26.8. The molecule has 0 radical (unpaired) electrons. The average molecular weight is 522 g/mol. The number of likely N-dealkylation sites (N-methyl/N-ethyl adjacent to an activating group) is 1. The Morgan fingerprint density at radius 3 is 2.30 bits per heavy atom. The molecule has 0 aromatic heterocycles. The van der Waals surface area contributed by atoms with Gasteiger partial charge in [0.05, 0.1) is 11.4 Å². The molecule has 37 heavy (non-hydrogen) atoms. The molecule has 0 aliphatic heterocycles. The summed E-state index contributed by atoms with van der Waals surface area (Å²) in [4.78, 5) is 28.2. The molecule has 1 saturated carbocycles. The Morgan fingerprint density at radius 2 is 1.62 bits per heavy atom. The Labute approximate surface area is 219 Å². The number of sulfonamides is 1. The molecule has 0 bridgehead atoms. The number of nitrogens with zero attached hydrogens (tertiary/aromatic N) is 2. The van der Waals surface area contributed by atoms with Crippen LogP contribution in [0.1, 0.15) is 43.7 Å². The number of rotatable bonds is 9. The number of benzene rings is 3. The van der Waals surface area contributed by atoms with Gasteiger partial charge in [0.2, 0.25) is 21.8 Å². The van der Waals surface area contributed by atoms with E-state index in [2.05, 4.69) is 5.32 Å². The fourth-order valence-electron chi connectivity index (χ4n) is 4.74. The maximum Gasteiger partial charge on any atom is 0.243 e. The van der Waals surface area contributed by atoms with E-state index in [-0.39, 0.29) is 29.9 Å². The highest BCUT2D eigenvalue weighted by Crippen LogP contribution is 2.22. The minimum atomic E-state index is -3.92. The summed E-state index contributed by atoms with van der Waals surface area (Å²) in [6, 6.07) is 19.6. The van der Waals surface area contributed by atoms with Crippen molar-refractivity contribution in [2.24, 2.45) is 0 Å². The van der Waals surface area contributed by atoms with Gasteiger partial charge in [0, 0.05) is 19.6 Å². The molecule has 1 aliphatic rings. The second-order valence-corrected chi connectivity index (χ2v) is 12.0. The summed E-state index contributed by atoms with van der Waals surface area (Å²) in [5.41, 5.74) is 1.97. The summed E-state index contributed by atoms with van der Waals surface area (Å²) < 4.78 is 27.7. The molecule has 2 amide bonds. The summed E-state index contributed by atoms with van der Waals surface area (Å²) in [6.45, 7) is 3.52. The summed E-state index contributed by atoms with van der Waals surface area (Å²) in [5.74, 6) is -0.645. The lowest BCUT2D eigenvalue weighted by atomic mass is 10.1. The highest BCUT2D eigenvalue weighted by atomic mass is 32.2. The molecule has 0 heterocycles. The SMILES string of the molecule is Cc1ccc(CN(C(=O)CN(C)S(=O)(=O)c2ccc3ccccc3c2)C(C)C(=O)NC2CCCC2)cc1. The second-order valence-electron chi connectivity index (χ2n) is 9.94. The van der Waals surface area contributed by atoms with Gasteiger partial charge >= 0.3 is 0 Å². The topological polar surface area (TPSA) is 86.8 Å². The molecule has 8 heteroatoms. The Balaban J connectivity index is 1.54. The Morgan fingerprint density at radius 1 is 0.973 bits per heavy atom. The van der Waals surface area contributed by atoms with Crippen LogP contribution in [0.5, 0.6) is 0 Å². The van der Waals surface area contributed by atoms with Gasteiger partial charge in [-0.25, -0.2) is 8.42 Å². The molecule has 1 atom stereocenters. The molecule has 3 aromatic rings. The van der Waals surface area contributed by atoms with Crippen LogP contribution in [0.15, 0.2) is 71.6 Å². The molecule has 4 rings (SSSR count). The van der Waals surface area contributed by atoms with Crippen molar-refractivity contribution in [3.63, 3.8) is 0 Å². The fourth-order valence-corrected chi connectivity index (χ4v) is 5.90. The first-order chi connectivity index (χ1) is 17.6. The van der Waals surface area contributed by atoms with Crippen LogP contribution in [0, 0.1) is 6.92 Å². The second kappa shape index (κ2) is 11.4. The van der Waals surface area contributed by atoms with Gasteiger partial charge in [0.15, 0.2) is 0 Å². The van der Waals surface area contributed by atoms with Gasteiger partial charge in [-0.1, -0.05) is 73.0 Å². The van der Waals surface area contributed by atoms with Gasteiger partial charge in [-0.3, -0.25) is 9.59 Å². The zero-order chi connectivity index (χ0) is 26.6. The summed E-state index contributed by atoms with van der Waals surface area (Å²) >= 11 is 0. The molecular formula is C29H35N3O4S. The molecule has 1 fully saturated rings. The van der Waals surface area contributed by atoms with E-state index in [0.717, 1.165) is 51.9 Å². The predicted molar refractivity (Wildman–Crippen MR) is 145 cm³/mol. The number of fused-ring (bicyclic) bond motifs is 1. The van der Waals surface area contributed by atoms with Crippen LogP contribution in [-0.2, 0) is 26.2 Å². The monoisotopic (exact) mass is 521 g/mol. The first-order valence-corrected chi connectivity index (χ1v) is 14.2. The summed E-state index contributed by atoms with van der Waals surface area (Å²) in [5, 5.41) is 4.81. The van der Waals surface area contributed by atoms with Crippen molar-refractivity contribution in [1.82, 2.24) is 14.5 Å². The number of amides is 2. The number of hydrogen-bond acceptors (Lipinski definition) is 4. The number of aryl methyl sites for hydroxylation is 1. The molecular weight excluding hydrogens is 486 g/mol. The zero-order valence-corrected chi connectivity index (χ0v) is 22.5. The Kier molecular flexibility index (Phi) is 8.29. The standard InChI is InChI=1S/C29H35N3O4S/c1-21-12-14-23(15-13-21)19-32(22(2)29(34)30-26-10-6-7-11-26)28(33)20-31(3)37(35,36)27-17-16-24-8-4-5-9-25(24)18-27/h4-5,8-9,12-18,22,26H,6-7,10-11,19-20H2,1-3H3,(H,30,34). The van der Waals surface area contributed by atoms with E-state index in [1.807, 2.05) is 55.5 Å². The van der Waals surface area contributed by atoms with Crippen LogP contribution < -0.4 is 5.32 Å². The van der Waals surface area contributed by atoms with Crippen LogP contribution in [0.2, 0.25) is 0 Å². The predicted octanol–water partition coefficient (Wildman–Crippen LogP) is 4.24. The lowest BCUT2D eigenvalue weighted by Gasteiger charge is -2.31. The van der Waals surface area contributed by atoms with E-state index in [1.54, 1.807) is 25.1 Å². The fraction of sp³-hybridized carbons (Fsp3) is 0.379. The van der Waals surface area contributed by atoms with Crippen molar-refractivity contribution in [2.45, 2.75) is 63.1 Å². The van der Waals surface area contributed by atoms with E-state index in [9.17, 15) is 18.0 Å². The average Bonchev–Trinajstić information content (AvgIpc) is 3.40. The van der Waals surface area contributed by atoms with Crippen molar-refractivity contribution in [2.75, 3.05) is 13.6 Å². The number of nitrogens with one attached hydrogen (secondary N) is 1. The largest absolute Gasteiger partial charge is 0.352 e. The van der Waals surface area contributed by atoms with Crippen molar-refractivity contribution in [3.05, 3.63) is 77.9 Å². The third-order valence-electron chi connectivity index (χ3n) is 7.13. The normalized spacial score (nSPS) is 15.1. The van der Waals surface area contributed by atoms with E-state index < -0.39 is 22.0 Å². The number of hydrogen-bond donors (Lipinski definition) is 1.